The SMILES string of the molecule is CCOC(=O)C1=C(c2ccccc2)C1C(C)C. The number of benzene rings is 1. The van der Waals surface area contributed by atoms with Gasteiger partial charge in [0.05, 0.1) is 6.61 Å². The zero-order valence-electron chi connectivity index (χ0n) is 10.6. The van der Waals surface area contributed by atoms with Crippen molar-refractivity contribution in [2.75, 3.05) is 6.61 Å². The molecule has 0 aromatic heterocycles. The minimum Gasteiger partial charge on any atom is -0.463 e. The zero-order valence-corrected chi connectivity index (χ0v) is 10.6. The molecule has 90 valence electrons. The molecule has 17 heavy (non-hydrogen) atoms. The number of carbonyl (C=O) groups is 1. The second-order valence-electron chi connectivity index (χ2n) is 4.64. The summed E-state index contributed by atoms with van der Waals surface area (Å²) < 4.78 is 5.10. The molecule has 2 heteroatoms. The van der Waals surface area contributed by atoms with Crippen LogP contribution in [0.2, 0.25) is 0 Å². The minimum absolute atomic E-state index is 0.148. The molecule has 2 nitrogen and oxygen atoms in total. The van der Waals surface area contributed by atoms with Crippen LogP contribution >= 0.6 is 0 Å². The fourth-order valence-corrected chi connectivity index (χ4v) is 2.30. The maximum Gasteiger partial charge on any atom is 0.334 e. The van der Waals surface area contributed by atoms with Crippen LogP contribution in [0.1, 0.15) is 26.3 Å². The zero-order chi connectivity index (χ0) is 12.4. The van der Waals surface area contributed by atoms with Gasteiger partial charge in [-0.2, -0.15) is 0 Å². The fraction of sp³-hybridized carbons (Fsp3) is 0.400. The summed E-state index contributed by atoms with van der Waals surface area (Å²) in [5.74, 6) is 0.575. The molecule has 1 unspecified atom stereocenters. The fourth-order valence-electron chi connectivity index (χ4n) is 2.30. The molecule has 1 aliphatic rings. The number of ether oxygens (including phenoxy) is 1. The Balaban J connectivity index is 2.26. The summed E-state index contributed by atoms with van der Waals surface area (Å²) >= 11 is 0. The van der Waals surface area contributed by atoms with E-state index in [4.69, 9.17) is 4.74 Å². The van der Waals surface area contributed by atoms with Crippen molar-refractivity contribution in [1.82, 2.24) is 0 Å². The lowest BCUT2D eigenvalue weighted by molar-refractivity contribution is -0.138. The molecule has 0 bridgehead atoms. The van der Waals surface area contributed by atoms with Gasteiger partial charge < -0.3 is 4.74 Å². The van der Waals surface area contributed by atoms with E-state index in [1.165, 1.54) is 5.57 Å². The largest absolute Gasteiger partial charge is 0.463 e. The van der Waals surface area contributed by atoms with Crippen molar-refractivity contribution < 1.29 is 9.53 Å². The van der Waals surface area contributed by atoms with E-state index in [2.05, 4.69) is 26.0 Å². The van der Waals surface area contributed by atoms with Crippen molar-refractivity contribution in [3.63, 3.8) is 0 Å². The highest BCUT2D eigenvalue weighted by molar-refractivity contribution is 6.10. The smallest absolute Gasteiger partial charge is 0.334 e. The average molecular weight is 230 g/mol. The van der Waals surface area contributed by atoms with E-state index in [1.807, 2.05) is 25.1 Å². The Hall–Kier alpha value is -1.57. The molecule has 0 saturated carbocycles. The third-order valence-corrected chi connectivity index (χ3v) is 3.08. The normalized spacial score (nSPS) is 18.5. The average Bonchev–Trinajstić information content (AvgIpc) is 3.06. The molecular weight excluding hydrogens is 212 g/mol. The second-order valence-corrected chi connectivity index (χ2v) is 4.64. The molecule has 1 atom stereocenters. The van der Waals surface area contributed by atoms with Gasteiger partial charge in [-0.25, -0.2) is 4.79 Å². The monoisotopic (exact) mass is 230 g/mol. The van der Waals surface area contributed by atoms with Crippen molar-refractivity contribution in [2.45, 2.75) is 20.8 Å². The van der Waals surface area contributed by atoms with Crippen LogP contribution in [0.25, 0.3) is 5.57 Å². The predicted molar refractivity (Wildman–Crippen MR) is 68.3 cm³/mol. The van der Waals surface area contributed by atoms with Crippen LogP contribution in [-0.4, -0.2) is 12.6 Å². The summed E-state index contributed by atoms with van der Waals surface area (Å²) in [6.45, 7) is 6.56. The maximum absolute atomic E-state index is 11.8. The molecule has 0 amide bonds. The van der Waals surface area contributed by atoms with E-state index in [-0.39, 0.29) is 11.9 Å². The molecule has 0 aliphatic heterocycles. The molecule has 1 aromatic carbocycles. The predicted octanol–water partition coefficient (Wildman–Crippen LogP) is 3.29. The van der Waals surface area contributed by atoms with Gasteiger partial charge in [0.2, 0.25) is 0 Å². The van der Waals surface area contributed by atoms with Gasteiger partial charge >= 0.3 is 5.97 Å². The molecule has 0 spiro atoms. The lowest BCUT2D eigenvalue weighted by Gasteiger charge is -2.05. The van der Waals surface area contributed by atoms with Crippen molar-refractivity contribution in [2.24, 2.45) is 11.8 Å². The number of hydrogen-bond acceptors (Lipinski definition) is 2. The summed E-state index contributed by atoms with van der Waals surface area (Å²) in [5, 5.41) is 0. The Morgan fingerprint density at radius 1 is 1.29 bits per heavy atom. The number of rotatable bonds is 4. The Kier molecular flexibility index (Phi) is 3.32. The Labute approximate surface area is 102 Å². The van der Waals surface area contributed by atoms with Crippen LogP contribution in [0, 0.1) is 11.8 Å². The molecule has 1 aromatic rings. The third-order valence-electron chi connectivity index (χ3n) is 3.08. The summed E-state index contributed by atoms with van der Waals surface area (Å²) in [4.78, 5) is 11.8. The van der Waals surface area contributed by atoms with E-state index < -0.39 is 0 Å². The van der Waals surface area contributed by atoms with Crippen LogP contribution in [0.15, 0.2) is 35.9 Å². The molecule has 0 N–H and O–H groups in total. The molecule has 2 rings (SSSR count). The molecule has 1 aliphatic carbocycles. The lowest BCUT2D eigenvalue weighted by Crippen LogP contribution is -2.06. The minimum atomic E-state index is -0.148. The number of esters is 1. The highest BCUT2D eigenvalue weighted by Gasteiger charge is 2.44. The first kappa shape index (κ1) is 11.9. The highest BCUT2D eigenvalue weighted by atomic mass is 16.5. The van der Waals surface area contributed by atoms with Crippen LogP contribution in [0.5, 0.6) is 0 Å². The van der Waals surface area contributed by atoms with Crippen molar-refractivity contribution >= 4 is 11.5 Å². The van der Waals surface area contributed by atoms with Crippen molar-refractivity contribution in [3.8, 4) is 0 Å². The molecule has 0 fully saturated rings. The van der Waals surface area contributed by atoms with Gasteiger partial charge in [-0.15, -0.1) is 0 Å². The maximum atomic E-state index is 11.8. The number of allylic oxidation sites excluding steroid dienone is 1. The summed E-state index contributed by atoms with van der Waals surface area (Å²) in [7, 11) is 0. The van der Waals surface area contributed by atoms with Crippen LogP contribution < -0.4 is 0 Å². The van der Waals surface area contributed by atoms with E-state index >= 15 is 0 Å². The first-order valence-corrected chi connectivity index (χ1v) is 6.13. The third kappa shape index (κ3) is 2.26. The first-order chi connectivity index (χ1) is 8.16. The lowest BCUT2D eigenvalue weighted by atomic mass is 10.0. The Morgan fingerprint density at radius 2 is 1.94 bits per heavy atom. The van der Waals surface area contributed by atoms with Gasteiger partial charge in [0.1, 0.15) is 0 Å². The quantitative estimate of drug-likeness (QED) is 0.742. The number of hydrogen-bond donors (Lipinski definition) is 0. The highest BCUT2D eigenvalue weighted by Crippen LogP contribution is 2.51. The van der Waals surface area contributed by atoms with E-state index in [0.29, 0.717) is 12.5 Å². The van der Waals surface area contributed by atoms with Gasteiger partial charge in [-0.1, -0.05) is 44.2 Å². The summed E-state index contributed by atoms with van der Waals surface area (Å²) in [6.07, 6.45) is 0. The van der Waals surface area contributed by atoms with Gasteiger partial charge in [0.25, 0.3) is 0 Å². The second kappa shape index (κ2) is 4.74. The van der Waals surface area contributed by atoms with Crippen molar-refractivity contribution in [3.05, 3.63) is 41.5 Å². The molecule has 0 heterocycles. The summed E-state index contributed by atoms with van der Waals surface area (Å²) in [5.41, 5.74) is 3.18. The van der Waals surface area contributed by atoms with Gasteiger partial charge in [-0.3, -0.25) is 0 Å². The molecular formula is C15H18O2. The Bertz CT molecular complexity index is 443. The standard InChI is InChI=1S/C15H18O2/c1-4-17-15(16)14-12(10(2)3)13(14)11-8-6-5-7-9-11/h5-10,12H,4H2,1-3H3. The first-order valence-electron chi connectivity index (χ1n) is 6.13. The summed E-state index contributed by atoms with van der Waals surface area (Å²) in [6, 6.07) is 10.1. The van der Waals surface area contributed by atoms with E-state index in [1.54, 1.807) is 0 Å². The van der Waals surface area contributed by atoms with E-state index in [9.17, 15) is 4.79 Å². The van der Waals surface area contributed by atoms with Gasteiger partial charge in [0, 0.05) is 11.5 Å². The van der Waals surface area contributed by atoms with Gasteiger partial charge in [0.15, 0.2) is 0 Å². The van der Waals surface area contributed by atoms with Gasteiger partial charge in [-0.05, 0) is 24.0 Å². The molecule has 0 radical (unpaired) electrons. The Morgan fingerprint density at radius 3 is 2.47 bits per heavy atom. The van der Waals surface area contributed by atoms with E-state index in [0.717, 1.165) is 11.1 Å². The van der Waals surface area contributed by atoms with Crippen molar-refractivity contribution in [1.29, 1.82) is 0 Å². The van der Waals surface area contributed by atoms with Crippen LogP contribution in [-0.2, 0) is 9.53 Å². The van der Waals surface area contributed by atoms with Crippen LogP contribution in [0.4, 0.5) is 0 Å². The number of carbonyl (C=O) groups excluding carboxylic acids is 1. The van der Waals surface area contributed by atoms with Crippen LogP contribution in [0.3, 0.4) is 0 Å². The topological polar surface area (TPSA) is 26.3 Å². The molecule has 0 saturated heterocycles.